The molecule has 1 heterocycles. The van der Waals surface area contributed by atoms with Crippen LogP contribution in [0, 0.1) is 6.92 Å². The lowest BCUT2D eigenvalue weighted by molar-refractivity contribution is -0.120. The fourth-order valence-corrected chi connectivity index (χ4v) is 4.37. The first kappa shape index (κ1) is 25.5. The van der Waals surface area contributed by atoms with Gasteiger partial charge in [0, 0.05) is 11.4 Å². The average molecular weight is 522 g/mol. The second-order valence-corrected chi connectivity index (χ2v) is 9.09. The van der Waals surface area contributed by atoms with Gasteiger partial charge in [0.2, 0.25) is 11.8 Å². The highest BCUT2D eigenvalue weighted by molar-refractivity contribution is 6.30. The highest BCUT2D eigenvalue weighted by Crippen LogP contribution is 2.27. The normalized spacial score (nSPS) is 11.6. The van der Waals surface area contributed by atoms with Crippen LogP contribution in [-0.2, 0) is 17.6 Å². The fraction of sp³-hybridized carbons (Fsp3) is 0.179. The number of aromatic nitrogens is 2. The van der Waals surface area contributed by atoms with E-state index in [4.69, 9.17) is 27.9 Å². The number of aromatic hydroxyl groups is 1. The van der Waals surface area contributed by atoms with Gasteiger partial charge in [-0.1, -0.05) is 71.7 Å². The summed E-state index contributed by atoms with van der Waals surface area (Å²) in [5.74, 6) is 0.397. The topological polar surface area (TPSA) is 84.3 Å². The second kappa shape index (κ2) is 11.9. The number of ether oxygens (including phenoxy) is 1. The molecule has 0 saturated carbocycles. The number of halogens is 2. The van der Waals surface area contributed by atoms with Gasteiger partial charge in [-0.05, 0) is 53.4 Å². The van der Waals surface area contributed by atoms with Gasteiger partial charge in [-0.15, -0.1) is 0 Å². The minimum absolute atomic E-state index is 0.0962. The van der Waals surface area contributed by atoms with E-state index in [1.165, 1.54) is 6.33 Å². The molecule has 0 aliphatic carbocycles. The zero-order valence-corrected chi connectivity index (χ0v) is 21.1. The summed E-state index contributed by atoms with van der Waals surface area (Å²) in [4.78, 5) is 20.6. The molecule has 0 radical (unpaired) electrons. The Hall–Kier alpha value is -3.61. The number of rotatable bonds is 9. The largest absolute Gasteiger partial charge is 0.493 e. The Morgan fingerprint density at radius 1 is 1.03 bits per heavy atom. The van der Waals surface area contributed by atoms with Crippen LogP contribution in [-0.4, -0.2) is 27.6 Å². The van der Waals surface area contributed by atoms with Gasteiger partial charge < -0.3 is 15.2 Å². The molecule has 1 aromatic heterocycles. The number of aryl methyl sites for hydroxylation is 1. The maximum Gasteiger partial charge on any atom is 0.225 e. The minimum atomic E-state index is -0.288. The molecule has 0 aliphatic heterocycles. The quantitative estimate of drug-likeness (QED) is 0.269. The maximum atomic E-state index is 13.0. The summed E-state index contributed by atoms with van der Waals surface area (Å²) in [6.45, 7) is 2.28. The van der Waals surface area contributed by atoms with Gasteiger partial charge in [0.15, 0.2) is 0 Å². The molecule has 1 unspecified atom stereocenters. The molecule has 184 valence electrons. The fourth-order valence-electron chi connectivity index (χ4n) is 3.92. The van der Waals surface area contributed by atoms with Crippen LogP contribution in [0.15, 0.2) is 79.1 Å². The molecular weight excluding hydrogens is 497 g/mol. The van der Waals surface area contributed by atoms with Crippen molar-refractivity contribution < 1.29 is 14.6 Å². The smallest absolute Gasteiger partial charge is 0.225 e. The van der Waals surface area contributed by atoms with Crippen molar-refractivity contribution in [3.8, 4) is 11.6 Å². The van der Waals surface area contributed by atoms with E-state index >= 15 is 0 Å². The molecule has 8 heteroatoms. The minimum Gasteiger partial charge on any atom is -0.493 e. The molecule has 4 aromatic rings. The van der Waals surface area contributed by atoms with Crippen molar-refractivity contribution in [2.45, 2.75) is 25.8 Å². The summed E-state index contributed by atoms with van der Waals surface area (Å²) in [6, 6.07) is 22.6. The van der Waals surface area contributed by atoms with Crippen LogP contribution < -0.4 is 10.1 Å². The number of nitrogens with one attached hydrogen (secondary N) is 1. The summed E-state index contributed by atoms with van der Waals surface area (Å²) in [5, 5.41) is 13.8. The molecule has 4 rings (SSSR count). The van der Waals surface area contributed by atoms with Gasteiger partial charge in [-0.3, -0.25) is 4.79 Å². The standard InChI is InChI=1S/C28H25Cl2N3O3/c1-18-15-21(29)9-12-23(18)26(20-5-3-2-4-6-20)33-25(34)16-19-7-10-22(11-8-19)36-14-13-24-27(30)31-17-32-28(24)35/h2-12,15,17,26H,13-14,16H2,1H3,(H,33,34)(H,31,32,35). The number of carbonyl (C=O) groups is 1. The lowest BCUT2D eigenvalue weighted by Gasteiger charge is -2.22. The van der Waals surface area contributed by atoms with Gasteiger partial charge in [0.25, 0.3) is 0 Å². The second-order valence-electron chi connectivity index (χ2n) is 8.30. The summed E-state index contributed by atoms with van der Waals surface area (Å²) < 4.78 is 5.75. The zero-order chi connectivity index (χ0) is 25.5. The Labute approximate surface area is 219 Å². The van der Waals surface area contributed by atoms with E-state index in [9.17, 15) is 9.90 Å². The van der Waals surface area contributed by atoms with E-state index in [1.807, 2.05) is 79.7 Å². The number of hydrogen-bond donors (Lipinski definition) is 2. The monoisotopic (exact) mass is 521 g/mol. The molecule has 36 heavy (non-hydrogen) atoms. The molecule has 0 saturated heterocycles. The average Bonchev–Trinajstić information content (AvgIpc) is 2.86. The van der Waals surface area contributed by atoms with Crippen LogP contribution in [0.2, 0.25) is 10.2 Å². The van der Waals surface area contributed by atoms with E-state index in [0.717, 1.165) is 22.3 Å². The molecule has 6 nitrogen and oxygen atoms in total. The highest BCUT2D eigenvalue weighted by atomic mass is 35.5. The van der Waals surface area contributed by atoms with Gasteiger partial charge in [-0.25, -0.2) is 9.97 Å². The molecule has 0 fully saturated rings. The number of carbonyl (C=O) groups excluding carboxylic acids is 1. The third kappa shape index (κ3) is 6.53. The molecule has 0 bridgehead atoms. The van der Waals surface area contributed by atoms with Gasteiger partial charge in [0.1, 0.15) is 17.2 Å². The third-order valence-corrected chi connectivity index (χ3v) is 6.32. The summed E-state index contributed by atoms with van der Waals surface area (Å²) in [7, 11) is 0. The number of benzene rings is 3. The maximum absolute atomic E-state index is 13.0. The van der Waals surface area contributed by atoms with Crippen molar-refractivity contribution >= 4 is 29.1 Å². The van der Waals surface area contributed by atoms with Gasteiger partial charge in [-0.2, -0.15) is 0 Å². The molecule has 1 atom stereocenters. The summed E-state index contributed by atoms with van der Waals surface area (Å²) >= 11 is 12.1. The molecule has 3 aromatic carbocycles. The lowest BCUT2D eigenvalue weighted by atomic mass is 9.94. The summed E-state index contributed by atoms with van der Waals surface area (Å²) in [6.07, 6.45) is 1.79. The van der Waals surface area contributed by atoms with Crippen LogP contribution >= 0.6 is 23.2 Å². The van der Waals surface area contributed by atoms with Crippen molar-refractivity contribution in [3.63, 3.8) is 0 Å². The van der Waals surface area contributed by atoms with Crippen molar-refractivity contribution in [2.24, 2.45) is 0 Å². The van der Waals surface area contributed by atoms with E-state index in [1.54, 1.807) is 0 Å². The predicted octanol–water partition coefficient (Wildman–Crippen LogP) is 5.87. The van der Waals surface area contributed by atoms with E-state index in [2.05, 4.69) is 15.3 Å². The SMILES string of the molecule is Cc1cc(Cl)ccc1C(NC(=O)Cc1ccc(OCCc2c(O)ncnc2Cl)cc1)c1ccccc1. The Bertz CT molecular complexity index is 1310. The Kier molecular flexibility index (Phi) is 8.41. The molecule has 0 aliphatic rings. The first-order chi connectivity index (χ1) is 17.4. The van der Waals surface area contributed by atoms with Crippen LogP contribution in [0.3, 0.4) is 0 Å². The van der Waals surface area contributed by atoms with Crippen LogP contribution in [0.1, 0.15) is 33.9 Å². The Balaban J connectivity index is 1.38. The van der Waals surface area contributed by atoms with Crippen molar-refractivity contribution in [1.82, 2.24) is 15.3 Å². The molecule has 1 amide bonds. The van der Waals surface area contributed by atoms with Gasteiger partial charge in [0.05, 0.1) is 24.6 Å². The van der Waals surface area contributed by atoms with Crippen molar-refractivity contribution in [3.05, 3.63) is 117 Å². The Morgan fingerprint density at radius 2 is 1.78 bits per heavy atom. The highest BCUT2D eigenvalue weighted by Gasteiger charge is 2.19. The lowest BCUT2D eigenvalue weighted by Crippen LogP contribution is -2.31. The summed E-state index contributed by atoms with van der Waals surface area (Å²) in [5.41, 5.74) is 4.30. The van der Waals surface area contributed by atoms with E-state index in [-0.39, 0.29) is 29.4 Å². The van der Waals surface area contributed by atoms with E-state index in [0.29, 0.717) is 29.4 Å². The van der Waals surface area contributed by atoms with Crippen LogP contribution in [0.5, 0.6) is 11.6 Å². The van der Waals surface area contributed by atoms with E-state index < -0.39 is 0 Å². The third-order valence-electron chi connectivity index (χ3n) is 5.76. The Morgan fingerprint density at radius 3 is 2.47 bits per heavy atom. The molecule has 2 N–H and O–H groups in total. The number of hydrogen-bond acceptors (Lipinski definition) is 5. The first-order valence-electron chi connectivity index (χ1n) is 11.4. The van der Waals surface area contributed by atoms with Gasteiger partial charge >= 0.3 is 0 Å². The van der Waals surface area contributed by atoms with Crippen molar-refractivity contribution in [2.75, 3.05) is 6.61 Å². The number of nitrogens with zero attached hydrogens (tertiary/aromatic N) is 2. The molecule has 0 spiro atoms. The predicted molar refractivity (Wildman–Crippen MR) is 141 cm³/mol. The number of amides is 1. The first-order valence-corrected chi connectivity index (χ1v) is 12.2. The molecular formula is C28H25Cl2N3O3. The van der Waals surface area contributed by atoms with Crippen LogP contribution in [0.4, 0.5) is 0 Å². The zero-order valence-electron chi connectivity index (χ0n) is 19.6. The van der Waals surface area contributed by atoms with Crippen LogP contribution in [0.25, 0.3) is 0 Å². The van der Waals surface area contributed by atoms with Crippen molar-refractivity contribution in [1.29, 1.82) is 0 Å².